The highest BCUT2D eigenvalue weighted by Crippen LogP contribution is 2.11. The second-order valence-electron chi connectivity index (χ2n) is 4.65. The van der Waals surface area contributed by atoms with Crippen LogP contribution >= 0.6 is 0 Å². The summed E-state index contributed by atoms with van der Waals surface area (Å²) < 4.78 is 3.74. The fourth-order valence-corrected chi connectivity index (χ4v) is 2.22. The first-order valence-corrected chi connectivity index (χ1v) is 6.71. The number of Topliss-reactive ketones (excluding diaryl/α,β-unsaturated/α-hetero) is 1. The molecule has 0 aliphatic heterocycles. The first-order valence-electron chi connectivity index (χ1n) is 6.71. The number of imidazole rings is 1. The van der Waals surface area contributed by atoms with Crippen LogP contribution in [0.15, 0.2) is 18.6 Å². The lowest BCUT2D eigenvalue weighted by atomic mass is 10.1. The van der Waals surface area contributed by atoms with Gasteiger partial charge in [-0.25, -0.2) is 4.98 Å². The Hall–Kier alpha value is -1.91. The molecule has 5 nitrogen and oxygen atoms in total. The average Bonchev–Trinajstić information content (AvgIpc) is 2.97. The van der Waals surface area contributed by atoms with Gasteiger partial charge in [-0.15, -0.1) is 0 Å². The average molecular weight is 260 g/mol. The van der Waals surface area contributed by atoms with Gasteiger partial charge in [0, 0.05) is 32.2 Å². The van der Waals surface area contributed by atoms with Crippen LogP contribution in [0.4, 0.5) is 0 Å². The Labute approximate surface area is 113 Å². The summed E-state index contributed by atoms with van der Waals surface area (Å²) in [7, 11) is 1.84. The Morgan fingerprint density at radius 2 is 2.16 bits per heavy atom. The zero-order valence-electron chi connectivity index (χ0n) is 11.8. The van der Waals surface area contributed by atoms with Gasteiger partial charge >= 0.3 is 0 Å². The molecule has 0 saturated carbocycles. The van der Waals surface area contributed by atoms with E-state index < -0.39 is 0 Å². The normalized spacial score (nSPS) is 10.9. The maximum atomic E-state index is 12.4. The van der Waals surface area contributed by atoms with Crippen LogP contribution < -0.4 is 0 Å². The first kappa shape index (κ1) is 13.5. The van der Waals surface area contributed by atoms with Gasteiger partial charge in [-0.2, -0.15) is 5.10 Å². The summed E-state index contributed by atoms with van der Waals surface area (Å²) in [6, 6.07) is 0. The minimum absolute atomic E-state index is 0.0912. The van der Waals surface area contributed by atoms with Crippen molar-refractivity contribution in [1.29, 1.82) is 0 Å². The van der Waals surface area contributed by atoms with Crippen molar-refractivity contribution >= 4 is 5.78 Å². The molecular formula is C14H20N4O. The van der Waals surface area contributed by atoms with E-state index in [0.29, 0.717) is 6.42 Å². The molecule has 0 atom stereocenters. The predicted molar refractivity (Wildman–Crippen MR) is 73.1 cm³/mol. The van der Waals surface area contributed by atoms with Gasteiger partial charge in [0.25, 0.3) is 0 Å². The highest BCUT2D eigenvalue weighted by Gasteiger charge is 2.16. The monoisotopic (exact) mass is 260 g/mol. The first-order chi connectivity index (χ1) is 9.15. The number of rotatable bonds is 6. The number of carbonyl (C=O) groups excluding carboxylic acids is 1. The van der Waals surface area contributed by atoms with Gasteiger partial charge in [0.05, 0.1) is 17.7 Å². The van der Waals surface area contributed by atoms with Gasteiger partial charge in [-0.1, -0.05) is 13.8 Å². The number of hydrogen-bond acceptors (Lipinski definition) is 3. The largest absolute Gasteiger partial charge is 0.335 e. The minimum atomic E-state index is 0.0912. The number of ketones is 1. The molecule has 0 saturated heterocycles. The van der Waals surface area contributed by atoms with Crippen molar-refractivity contribution in [3.8, 4) is 0 Å². The SMILES string of the molecule is CCCn1ccnc1CC(=O)c1cn(C)nc1CC. The van der Waals surface area contributed by atoms with Crippen molar-refractivity contribution in [1.82, 2.24) is 19.3 Å². The summed E-state index contributed by atoms with van der Waals surface area (Å²) >= 11 is 0. The van der Waals surface area contributed by atoms with Crippen LogP contribution in [0.2, 0.25) is 0 Å². The van der Waals surface area contributed by atoms with E-state index >= 15 is 0 Å². The Balaban J connectivity index is 2.18. The number of aromatic nitrogens is 4. The molecule has 0 fully saturated rings. The molecule has 0 amide bonds. The quantitative estimate of drug-likeness (QED) is 0.747. The van der Waals surface area contributed by atoms with Gasteiger partial charge in [0.15, 0.2) is 5.78 Å². The molecule has 0 aromatic carbocycles. The van der Waals surface area contributed by atoms with Gasteiger partial charge in [-0.05, 0) is 12.8 Å². The van der Waals surface area contributed by atoms with Crippen molar-refractivity contribution in [3.05, 3.63) is 35.7 Å². The molecule has 5 heteroatoms. The van der Waals surface area contributed by atoms with Gasteiger partial charge in [0.1, 0.15) is 5.82 Å². The lowest BCUT2D eigenvalue weighted by Gasteiger charge is -2.05. The van der Waals surface area contributed by atoms with Crippen LogP contribution in [0.1, 0.15) is 42.1 Å². The molecule has 2 rings (SSSR count). The Kier molecular flexibility index (Phi) is 4.14. The van der Waals surface area contributed by atoms with Crippen LogP contribution in [0.5, 0.6) is 0 Å². The minimum Gasteiger partial charge on any atom is -0.335 e. The van der Waals surface area contributed by atoms with E-state index in [1.54, 1.807) is 17.1 Å². The van der Waals surface area contributed by atoms with Gasteiger partial charge in [-0.3, -0.25) is 9.48 Å². The molecule has 0 aliphatic carbocycles. The molecule has 2 heterocycles. The van der Waals surface area contributed by atoms with E-state index in [1.807, 2.05) is 24.7 Å². The molecule has 0 radical (unpaired) electrons. The maximum absolute atomic E-state index is 12.4. The second kappa shape index (κ2) is 5.82. The van der Waals surface area contributed by atoms with E-state index in [0.717, 1.165) is 36.5 Å². The van der Waals surface area contributed by atoms with Crippen LogP contribution in [-0.2, 0) is 26.4 Å². The van der Waals surface area contributed by atoms with Crippen molar-refractivity contribution in [2.75, 3.05) is 0 Å². The molecule has 0 unspecified atom stereocenters. The molecule has 102 valence electrons. The Bertz CT molecular complexity index is 568. The van der Waals surface area contributed by atoms with E-state index in [2.05, 4.69) is 17.0 Å². The van der Waals surface area contributed by atoms with Crippen molar-refractivity contribution in [3.63, 3.8) is 0 Å². The molecule has 0 N–H and O–H groups in total. The van der Waals surface area contributed by atoms with Crippen LogP contribution in [-0.4, -0.2) is 25.1 Å². The van der Waals surface area contributed by atoms with Gasteiger partial charge in [0.2, 0.25) is 0 Å². The van der Waals surface area contributed by atoms with E-state index in [-0.39, 0.29) is 5.78 Å². The fraction of sp³-hybridized carbons (Fsp3) is 0.500. The van der Waals surface area contributed by atoms with Crippen LogP contribution in [0.25, 0.3) is 0 Å². The van der Waals surface area contributed by atoms with Crippen LogP contribution in [0.3, 0.4) is 0 Å². The van der Waals surface area contributed by atoms with Crippen molar-refractivity contribution in [2.24, 2.45) is 7.05 Å². The summed E-state index contributed by atoms with van der Waals surface area (Å²) in [4.78, 5) is 16.6. The van der Waals surface area contributed by atoms with E-state index in [4.69, 9.17) is 0 Å². The lowest BCUT2D eigenvalue weighted by Crippen LogP contribution is -2.11. The number of carbonyl (C=O) groups is 1. The standard InChI is InChI=1S/C14H20N4O/c1-4-7-18-8-6-15-14(18)9-13(19)11-10-17(3)16-12(11)5-2/h6,8,10H,4-5,7,9H2,1-3H3. The summed E-state index contributed by atoms with van der Waals surface area (Å²) in [5.41, 5.74) is 1.58. The fourth-order valence-electron chi connectivity index (χ4n) is 2.22. The smallest absolute Gasteiger partial charge is 0.173 e. The number of aryl methyl sites for hydroxylation is 3. The highest BCUT2D eigenvalue weighted by molar-refractivity contribution is 5.98. The van der Waals surface area contributed by atoms with E-state index in [9.17, 15) is 4.79 Å². The molecule has 0 spiro atoms. The van der Waals surface area contributed by atoms with Crippen molar-refractivity contribution < 1.29 is 4.79 Å². The zero-order chi connectivity index (χ0) is 13.8. The molecule has 19 heavy (non-hydrogen) atoms. The molecule has 2 aromatic heterocycles. The Morgan fingerprint density at radius 3 is 2.84 bits per heavy atom. The molecule has 0 bridgehead atoms. The summed E-state index contributed by atoms with van der Waals surface area (Å²) in [5.74, 6) is 0.922. The summed E-state index contributed by atoms with van der Waals surface area (Å²) in [5, 5.41) is 4.31. The maximum Gasteiger partial charge on any atom is 0.173 e. The number of hydrogen-bond donors (Lipinski definition) is 0. The topological polar surface area (TPSA) is 52.7 Å². The lowest BCUT2D eigenvalue weighted by molar-refractivity contribution is 0.0988. The van der Waals surface area contributed by atoms with E-state index in [1.165, 1.54) is 0 Å². The summed E-state index contributed by atoms with van der Waals surface area (Å²) in [6.07, 6.45) is 7.62. The third-order valence-corrected chi connectivity index (χ3v) is 3.13. The number of nitrogens with zero attached hydrogens (tertiary/aromatic N) is 4. The van der Waals surface area contributed by atoms with Crippen molar-refractivity contribution in [2.45, 2.75) is 39.7 Å². The molecule has 0 aliphatic rings. The second-order valence-corrected chi connectivity index (χ2v) is 4.65. The molecular weight excluding hydrogens is 240 g/mol. The third kappa shape index (κ3) is 2.92. The van der Waals surface area contributed by atoms with Gasteiger partial charge < -0.3 is 4.57 Å². The zero-order valence-corrected chi connectivity index (χ0v) is 11.8. The Morgan fingerprint density at radius 1 is 1.37 bits per heavy atom. The highest BCUT2D eigenvalue weighted by atomic mass is 16.1. The predicted octanol–water partition coefficient (Wildman–Crippen LogP) is 2.01. The van der Waals surface area contributed by atoms with Crippen LogP contribution in [0, 0.1) is 0 Å². The molecule has 2 aromatic rings. The third-order valence-electron chi connectivity index (χ3n) is 3.13. The summed E-state index contributed by atoms with van der Waals surface area (Å²) in [6.45, 7) is 5.02.